The van der Waals surface area contributed by atoms with Gasteiger partial charge >= 0.3 is 5.97 Å². The highest BCUT2D eigenvalue weighted by Crippen LogP contribution is 2.67. The van der Waals surface area contributed by atoms with Crippen molar-refractivity contribution in [2.24, 2.45) is 34.5 Å². The molecule has 0 aromatic rings. The Hall–Kier alpha value is -0.140. The first-order valence-electron chi connectivity index (χ1n) is 12.5. The molecule has 1 saturated heterocycles. The molecule has 5 heteroatoms. The van der Waals surface area contributed by atoms with E-state index in [0.29, 0.717) is 11.8 Å². The van der Waals surface area contributed by atoms with Crippen LogP contribution in [0.25, 0.3) is 0 Å². The van der Waals surface area contributed by atoms with Gasteiger partial charge in [0.15, 0.2) is 5.79 Å². The maximum atomic E-state index is 11.8. The van der Waals surface area contributed by atoms with E-state index in [0.717, 1.165) is 44.3 Å². The predicted molar refractivity (Wildman–Crippen MR) is 129 cm³/mol. The lowest BCUT2D eigenvalue weighted by molar-refractivity contribution is -0.188. The molecule has 174 valence electrons. The number of halogens is 1. The van der Waals surface area contributed by atoms with E-state index >= 15 is 0 Å². The lowest BCUT2D eigenvalue weighted by Crippen LogP contribution is -2.55. The Morgan fingerprint density at radius 2 is 1.90 bits per heavy atom. The van der Waals surface area contributed by atoms with Crippen LogP contribution in [0, 0.1) is 34.5 Å². The number of carbonyl (C=O) groups is 1. The van der Waals surface area contributed by atoms with Gasteiger partial charge in [0.2, 0.25) is 0 Å². The van der Waals surface area contributed by atoms with Crippen molar-refractivity contribution >= 4 is 28.6 Å². The van der Waals surface area contributed by atoms with E-state index < -0.39 is 0 Å². The van der Waals surface area contributed by atoms with Crippen molar-refractivity contribution < 1.29 is 19.0 Å². The number of esters is 1. The minimum atomic E-state index is -0.344. The largest absolute Gasteiger partial charge is 0.462 e. The Morgan fingerprint density at radius 1 is 1.13 bits per heavy atom. The van der Waals surface area contributed by atoms with E-state index in [4.69, 9.17) is 14.2 Å². The number of carbonyl (C=O) groups excluding carboxylic acids is 1. The van der Waals surface area contributed by atoms with Gasteiger partial charge in [0.1, 0.15) is 6.10 Å². The SMILES string of the molecule is CC(=O)O[C@H]1CC[C@H]2[C@@H]3[C@H](CCCI)C=C4CC5(CC[C@]4(C)[C@H]3CC[C@]12C)OCCO5. The molecule has 1 aliphatic heterocycles. The van der Waals surface area contributed by atoms with Gasteiger partial charge in [-0.1, -0.05) is 48.1 Å². The molecule has 1 heterocycles. The summed E-state index contributed by atoms with van der Waals surface area (Å²) in [6, 6.07) is 0. The van der Waals surface area contributed by atoms with Gasteiger partial charge in [-0.2, -0.15) is 0 Å². The smallest absolute Gasteiger partial charge is 0.302 e. The van der Waals surface area contributed by atoms with Gasteiger partial charge in [0.25, 0.3) is 0 Å². The summed E-state index contributed by atoms with van der Waals surface area (Å²) in [4.78, 5) is 11.8. The fourth-order valence-electron chi connectivity index (χ4n) is 8.45. The normalized spacial score (nSPS) is 45.5. The summed E-state index contributed by atoms with van der Waals surface area (Å²) in [5.41, 5.74) is 2.04. The van der Waals surface area contributed by atoms with Crippen molar-refractivity contribution in [2.75, 3.05) is 17.6 Å². The summed E-state index contributed by atoms with van der Waals surface area (Å²) in [6.07, 6.45) is 13.2. The van der Waals surface area contributed by atoms with Crippen molar-refractivity contribution in [1.29, 1.82) is 0 Å². The van der Waals surface area contributed by atoms with Crippen LogP contribution in [0.2, 0.25) is 0 Å². The third kappa shape index (κ3) is 3.63. The molecule has 0 unspecified atom stereocenters. The predicted octanol–water partition coefficient (Wildman–Crippen LogP) is 6.07. The highest BCUT2D eigenvalue weighted by Gasteiger charge is 2.62. The average Bonchev–Trinajstić information content (AvgIpc) is 3.32. The second-order valence-corrected chi connectivity index (χ2v) is 12.5. The second-order valence-electron chi connectivity index (χ2n) is 11.4. The van der Waals surface area contributed by atoms with Crippen molar-refractivity contribution in [2.45, 2.75) is 90.4 Å². The Bertz CT molecular complexity index is 744. The molecule has 4 nitrogen and oxygen atoms in total. The minimum absolute atomic E-state index is 0.106. The van der Waals surface area contributed by atoms with E-state index in [-0.39, 0.29) is 28.7 Å². The summed E-state index contributed by atoms with van der Waals surface area (Å²) in [5, 5.41) is 0. The fraction of sp³-hybridized carbons (Fsp3) is 0.885. The molecular formula is C26H39IO4. The van der Waals surface area contributed by atoms with Gasteiger partial charge in [-0.15, -0.1) is 0 Å². The third-order valence-electron chi connectivity index (χ3n) is 9.99. The molecule has 0 radical (unpaired) electrons. The van der Waals surface area contributed by atoms with Crippen LogP contribution in [0.1, 0.15) is 78.6 Å². The van der Waals surface area contributed by atoms with Crippen LogP contribution < -0.4 is 0 Å². The lowest BCUT2D eigenvalue weighted by atomic mass is 9.45. The maximum absolute atomic E-state index is 11.8. The molecule has 0 amide bonds. The molecule has 7 atom stereocenters. The molecule has 0 aromatic heterocycles. The summed E-state index contributed by atoms with van der Waals surface area (Å²) < 4.78 is 19.4. The molecule has 5 aliphatic rings. The van der Waals surface area contributed by atoms with Gasteiger partial charge in [-0.05, 0) is 78.5 Å². The van der Waals surface area contributed by atoms with Crippen molar-refractivity contribution in [3.63, 3.8) is 0 Å². The van der Waals surface area contributed by atoms with E-state index in [9.17, 15) is 4.79 Å². The highest BCUT2D eigenvalue weighted by molar-refractivity contribution is 14.1. The van der Waals surface area contributed by atoms with E-state index in [1.165, 1.54) is 43.0 Å². The van der Waals surface area contributed by atoms with Crippen LogP contribution in [0.15, 0.2) is 11.6 Å². The van der Waals surface area contributed by atoms with Crippen LogP contribution in [0.3, 0.4) is 0 Å². The van der Waals surface area contributed by atoms with Crippen LogP contribution in [0.4, 0.5) is 0 Å². The Labute approximate surface area is 201 Å². The van der Waals surface area contributed by atoms with Crippen molar-refractivity contribution in [3.05, 3.63) is 11.6 Å². The topological polar surface area (TPSA) is 44.8 Å². The molecule has 0 bridgehead atoms. The number of ether oxygens (including phenoxy) is 3. The van der Waals surface area contributed by atoms with Crippen LogP contribution >= 0.6 is 22.6 Å². The average molecular weight is 542 g/mol. The molecule has 31 heavy (non-hydrogen) atoms. The monoisotopic (exact) mass is 542 g/mol. The van der Waals surface area contributed by atoms with E-state index in [1.807, 2.05) is 0 Å². The van der Waals surface area contributed by atoms with Gasteiger partial charge in [-0.3, -0.25) is 4.79 Å². The first-order valence-corrected chi connectivity index (χ1v) is 14.1. The van der Waals surface area contributed by atoms with Crippen molar-refractivity contribution in [1.82, 2.24) is 0 Å². The summed E-state index contributed by atoms with van der Waals surface area (Å²) in [5.74, 6) is 2.31. The van der Waals surface area contributed by atoms with E-state index in [2.05, 4.69) is 42.5 Å². The molecule has 0 N–H and O–H groups in total. The van der Waals surface area contributed by atoms with Gasteiger partial charge in [0.05, 0.1) is 13.2 Å². The highest BCUT2D eigenvalue weighted by atomic mass is 127. The van der Waals surface area contributed by atoms with Gasteiger partial charge in [0, 0.05) is 25.2 Å². The quantitative estimate of drug-likeness (QED) is 0.187. The molecule has 1 spiro atoms. The fourth-order valence-corrected chi connectivity index (χ4v) is 8.89. The van der Waals surface area contributed by atoms with Crippen molar-refractivity contribution in [3.8, 4) is 0 Å². The van der Waals surface area contributed by atoms with Gasteiger partial charge in [-0.25, -0.2) is 0 Å². The first-order chi connectivity index (χ1) is 14.8. The van der Waals surface area contributed by atoms with Gasteiger partial charge < -0.3 is 14.2 Å². The standard InChI is InChI=1S/C26H39IO4/c1-17(28)31-22-7-6-20-23-18(5-4-12-27)15-19-16-26(29-13-14-30-26)11-10-24(19,2)21(23)8-9-25(20,22)3/h15,18,20-23H,4-14,16H2,1-3H3/t18-,20+,21+,22+,23+,24+,25+/m1/s1. The molecule has 4 aliphatic carbocycles. The first kappa shape index (κ1) is 22.6. The minimum Gasteiger partial charge on any atom is -0.462 e. The third-order valence-corrected chi connectivity index (χ3v) is 10.7. The Morgan fingerprint density at radius 3 is 2.61 bits per heavy atom. The number of fused-ring (bicyclic) bond motifs is 5. The lowest BCUT2D eigenvalue weighted by Gasteiger charge is -2.60. The number of hydrogen-bond acceptors (Lipinski definition) is 4. The van der Waals surface area contributed by atoms with Crippen LogP contribution in [-0.2, 0) is 19.0 Å². The van der Waals surface area contributed by atoms with Crippen LogP contribution in [0.5, 0.6) is 0 Å². The zero-order valence-electron chi connectivity index (χ0n) is 19.5. The summed E-state index contributed by atoms with van der Waals surface area (Å²) in [6.45, 7) is 8.04. The molecular weight excluding hydrogens is 503 g/mol. The number of alkyl halides is 1. The Balaban J connectivity index is 1.49. The molecule has 4 fully saturated rings. The summed E-state index contributed by atoms with van der Waals surface area (Å²) in [7, 11) is 0. The maximum Gasteiger partial charge on any atom is 0.302 e. The second kappa shape index (κ2) is 8.26. The van der Waals surface area contributed by atoms with Crippen LogP contribution in [-0.4, -0.2) is 35.5 Å². The molecule has 0 aromatic carbocycles. The molecule has 3 saturated carbocycles. The number of rotatable bonds is 4. The van der Waals surface area contributed by atoms with E-state index in [1.54, 1.807) is 12.5 Å². The number of hydrogen-bond donors (Lipinski definition) is 0. The summed E-state index contributed by atoms with van der Waals surface area (Å²) >= 11 is 2.53. The number of allylic oxidation sites excluding steroid dienone is 1. The zero-order valence-corrected chi connectivity index (χ0v) is 21.6. The zero-order chi connectivity index (χ0) is 21.9. The Kier molecular flexibility index (Phi) is 6.04. The molecule has 5 rings (SSSR count).